The average molecular weight is 417 g/mol. The van der Waals surface area contributed by atoms with E-state index in [0.29, 0.717) is 6.04 Å². The number of fused-ring (bicyclic) bond motifs is 3. The summed E-state index contributed by atoms with van der Waals surface area (Å²) in [5, 5.41) is 4.66. The fourth-order valence-electron chi connectivity index (χ4n) is 5.88. The van der Waals surface area contributed by atoms with E-state index < -0.39 is 0 Å². The Hall–Kier alpha value is -3.39. The SMILES string of the molecule is [2H]c1cc(CC2CCCC2)c2cccc3c2c1N=C3c1cc(C)cc2c1oc1ccccc12. The first-order valence-electron chi connectivity index (χ1n) is 12.2. The monoisotopic (exact) mass is 416 g/mol. The molecule has 1 saturated carbocycles. The molecule has 4 aromatic carbocycles. The number of hydrogen-bond acceptors (Lipinski definition) is 2. The zero-order valence-electron chi connectivity index (χ0n) is 19.2. The zero-order chi connectivity index (χ0) is 22.1. The molecule has 1 aliphatic carbocycles. The van der Waals surface area contributed by atoms with Crippen LogP contribution >= 0.6 is 0 Å². The molecule has 0 amide bonds. The molecule has 32 heavy (non-hydrogen) atoms. The molecule has 5 aromatic rings. The van der Waals surface area contributed by atoms with Crippen LogP contribution in [0.2, 0.25) is 0 Å². The van der Waals surface area contributed by atoms with Crippen molar-refractivity contribution in [1.29, 1.82) is 0 Å². The van der Waals surface area contributed by atoms with Gasteiger partial charge in [0.05, 0.1) is 12.8 Å². The fraction of sp³-hybridized carbons (Fsp3) is 0.233. The summed E-state index contributed by atoms with van der Waals surface area (Å²) < 4.78 is 15.2. The number of benzene rings is 4. The molecule has 0 radical (unpaired) electrons. The van der Waals surface area contributed by atoms with Crippen LogP contribution in [0.1, 0.15) is 49.3 Å². The Kier molecular flexibility index (Phi) is 3.66. The van der Waals surface area contributed by atoms with Gasteiger partial charge in [0.2, 0.25) is 0 Å². The molecule has 156 valence electrons. The standard InChI is InChI=1S/C30H25NO/c1-18-15-24-22-9-4-5-12-27(22)32-30(24)25(16-18)29-23-11-6-10-21-20(17-19-7-2-3-8-19)13-14-26(31-29)28(21)23/h4-6,9-16,19H,2-3,7-8,17H2,1H3/i14D. The maximum absolute atomic E-state index is 8.82. The summed E-state index contributed by atoms with van der Waals surface area (Å²) in [4.78, 5) is 5.07. The van der Waals surface area contributed by atoms with Crippen molar-refractivity contribution < 1.29 is 5.79 Å². The van der Waals surface area contributed by atoms with Crippen molar-refractivity contribution >= 4 is 44.1 Å². The Labute approximate surface area is 189 Å². The molecule has 0 spiro atoms. The molecule has 2 aliphatic rings. The minimum absolute atomic E-state index is 0.534. The van der Waals surface area contributed by atoms with Gasteiger partial charge in [0, 0.05) is 27.3 Å². The number of para-hydroxylation sites is 1. The van der Waals surface area contributed by atoms with E-state index in [2.05, 4.69) is 55.5 Å². The molecule has 7 rings (SSSR count). The molecule has 1 aromatic heterocycles. The van der Waals surface area contributed by atoms with Crippen LogP contribution in [-0.4, -0.2) is 5.71 Å². The van der Waals surface area contributed by atoms with E-state index in [9.17, 15) is 0 Å². The molecule has 0 atom stereocenters. The lowest BCUT2D eigenvalue weighted by Crippen LogP contribution is -2.02. The van der Waals surface area contributed by atoms with Crippen molar-refractivity contribution in [3.8, 4) is 0 Å². The molecule has 1 aliphatic heterocycles. The summed E-state index contributed by atoms with van der Waals surface area (Å²) in [6, 6.07) is 21.7. The van der Waals surface area contributed by atoms with Crippen LogP contribution in [0.15, 0.2) is 76.1 Å². The summed E-state index contributed by atoms with van der Waals surface area (Å²) in [5.41, 5.74) is 8.13. The number of furan rings is 1. The van der Waals surface area contributed by atoms with Gasteiger partial charge in [0.15, 0.2) is 0 Å². The Morgan fingerprint density at radius 3 is 2.69 bits per heavy atom. The van der Waals surface area contributed by atoms with E-state index in [1.165, 1.54) is 42.2 Å². The number of rotatable bonds is 3. The quantitative estimate of drug-likeness (QED) is 0.285. The van der Waals surface area contributed by atoms with Crippen LogP contribution in [0.4, 0.5) is 5.69 Å². The first-order valence-corrected chi connectivity index (χ1v) is 11.7. The summed E-state index contributed by atoms with van der Waals surface area (Å²) in [7, 11) is 0. The van der Waals surface area contributed by atoms with Crippen LogP contribution in [-0.2, 0) is 6.42 Å². The van der Waals surface area contributed by atoms with Crippen LogP contribution in [0.5, 0.6) is 0 Å². The van der Waals surface area contributed by atoms with Gasteiger partial charge >= 0.3 is 0 Å². The van der Waals surface area contributed by atoms with Crippen molar-refractivity contribution in [2.45, 2.75) is 39.0 Å². The van der Waals surface area contributed by atoms with E-state index >= 15 is 0 Å². The Bertz CT molecular complexity index is 1620. The zero-order valence-corrected chi connectivity index (χ0v) is 18.2. The first-order chi connectivity index (χ1) is 16.2. The Balaban J connectivity index is 1.46. The minimum Gasteiger partial charge on any atom is -0.455 e. The lowest BCUT2D eigenvalue weighted by atomic mass is 9.90. The third-order valence-electron chi connectivity index (χ3n) is 7.37. The van der Waals surface area contributed by atoms with Gasteiger partial charge in [-0.2, -0.15) is 0 Å². The second-order valence-corrected chi connectivity index (χ2v) is 9.49. The fourth-order valence-corrected chi connectivity index (χ4v) is 5.88. The molecule has 2 heteroatoms. The normalized spacial score (nSPS) is 16.4. The van der Waals surface area contributed by atoms with Gasteiger partial charge in [-0.25, -0.2) is 4.99 Å². The van der Waals surface area contributed by atoms with Crippen LogP contribution in [0.25, 0.3) is 32.7 Å². The molecular formula is C30H25NO. The van der Waals surface area contributed by atoms with E-state index in [4.69, 9.17) is 10.8 Å². The van der Waals surface area contributed by atoms with E-state index in [1.807, 2.05) is 12.1 Å². The van der Waals surface area contributed by atoms with Gasteiger partial charge in [-0.15, -0.1) is 0 Å². The summed E-state index contributed by atoms with van der Waals surface area (Å²) in [5.74, 6) is 0.746. The summed E-state index contributed by atoms with van der Waals surface area (Å²) in [6.45, 7) is 2.13. The van der Waals surface area contributed by atoms with Gasteiger partial charge in [0.1, 0.15) is 11.2 Å². The van der Waals surface area contributed by atoms with Crippen LogP contribution < -0.4 is 0 Å². The predicted molar refractivity (Wildman–Crippen MR) is 133 cm³/mol. The highest BCUT2D eigenvalue weighted by Gasteiger charge is 2.25. The Morgan fingerprint density at radius 1 is 0.938 bits per heavy atom. The molecule has 1 fully saturated rings. The van der Waals surface area contributed by atoms with E-state index in [-0.39, 0.29) is 0 Å². The van der Waals surface area contributed by atoms with Gasteiger partial charge in [-0.3, -0.25) is 0 Å². The highest BCUT2D eigenvalue weighted by molar-refractivity contribution is 6.30. The third kappa shape index (κ3) is 2.62. The van der Waals surface area contributed by atoms with Crippen LogP contribution in [0.3, 0.4) is 0 Å². The maximum atomic E-state index is 8.82. The highest BCUT2D eigenvalue weighted by atomic mass is 16.3. The van der Waals surface area contributed by atoms with E-state index in [1.54, 1.807) is 0 Å². The summed E-state index contributed by atoms with van der Waals surface area (Å²) in [6.07, 6.45) is 6.37. The second kappa shape index (κ2) is 6.80. The van der Waals surface area contributed by atoms with E-state index in [0.717, 1.165) is 62.2 Å². The number of aryl methyl sites for hydroxylation is 1. The number of hydrogen-bond donors (Lipinski definition) is 0. The smallest absolute Gasteiger partial charge is 0.144 e. The maximum Gasteiger partial charge on any atom is 0.144 e. The second-order valence-electron chi connectivity index (χ2n) is 9.49. The molecule has 0 saturated heterocycles. The average Bonchev–Trinajstić information content (AvgIpc) is 3.55. The largest absolute Gasteiger partial charge is 0.455 e. The van der Waals surface area contributed by atoms with Crippen molar-refractivity contribution in [2.75, 3.05) is 0 Å². The molecule has 0 N–H and O–H groups in total. The molecule has 2 heterocycles. The van der Waals surface area contributed by atoms with Crippen molar-refractivity contribution in [1.82, 2.24) is 0 Å². The van der Waals surface area contributed by atoms with Gasteiger partial charge in [-0.05, 0) is 60.0 Å². The third-order valence-corrected chi connectivity index (χ3v) is 7.37. The molecule has 2 nitrogen and oxygen atoms in total. The topological polar surface area (TPSA) is 25.5 Å². The minimum atomic E-state index is 0.534. The lowest BCUT2D eigenvalue weighted by Gasteiger charge is -2.13. The summed E-state index contributed by atoms with van der Waals surface area (Å²) >= 11 is 0. The van der Waals surface area contributed by atoms with Crippen LogP contribution in [0, 0.1) is 12.8 Å². The number of nitrogens with zero attached hydrogens (tertiary/aromatic N) is 1. The van der Waals surface area contributed by atoms with Gasteiger partial charge < -0.3 is 4.42 Å². The molecule has 0 unspecified atom stereocenters. The predicted octanol–water partition coefficient (Wildman–Crippen LogP) is 8.26. The van der Waals surface area contributed by atoms with Crippen molar-refractivity contribution in [2.24, 2.45) is 10.9 Å². The van der Waals surface area contributed by atoms with Crippen molar-refractivity contribution in [3.05, 3.63) is 89.0 Å². The molecule has 0 bridgehead atoms. The first kappa shape index (κ1) is 17.2. The lowest BCUT2D eigenvalue weighted by molar-refractivity contribution is 0.548. The Morgan fingerprint density at radius 2 is 1.78 bits per heavy atom. The van der Waals surface area contributed by atoms with Gasteiger partial charge in [0.25, 0.3) is 0 Å². The number of aliphatic imine (C=N–C) groups is 1. The highest BCUT2D eigenvalue weighted by Crippen LogP contribution is 2.42. The van der Waals surface area contributed by atoms with Gasteiger partial charge in [-0.1, -0.05) is 68.1 Å². The van der Waals surface area contributed by atoms with Crippen molar-refractivity contribution in [3.63, 3.8) is 0 Å². The molecular weight excluding hydrogens is 390 g/mol.